The molecule has 6 heteroatoms. The van der Waals surface area contributed by atoms with Gasteiger partial charge in [0.15, 0.2) is 5.13 Å². The molecule has 0 fully saturated rings. The Morgan fingerprint density at radius 3 is 2.85 bits per heavy atom. The SMILES string of the molecule is Cc1cccc2sc(N(Cc3cccnc3)C(=O)C=Cc3cccs3)nc12. The van der Waals surface area contributed by atoms with Gasteiger partial charge in [-0.2, -0.15) is 0 Å². The number of anilines is 1. The Bertz CT molecular complexity index is 1090. The minimum Gasteiger partial charge on any atom is -0.280 e. The van der Waals surface area contributed by atoms with Crippen molar-refractivity contribution in [2.24, 2.45) is 0 Å². The van der Waals surface area contributed by atoms with Gasteiger partial charge in [0.05, 0.1) is 16.8 Å². The zero-order valence-corrected chi connectivity index (χ0v) is 16.3. The Morgan fingerprint density at radius 1 is 1.19 bits per heavy atom. The van der Waals surface area contributed by atoms with Crippen molar-refractivity contribution in [3.05, 3.63) is 82.3 Å². The van der Waals surface area contributed by atoms with E-state index >= 15 is 0 Å². The molecule has 0 unspecified atom stereocenters. The van der Waals surface area contributed by atoms with E-state index in [1.807, 2.05) is 60.8 Å². The molecule has 0 bridgehead atoms. The average Bonchev–Trinajstić information content (AvgIpc) is 3.35. The quantitative estimate of drug-likeness (QED) is 0.433. The first-order valence-corrected chi connectivity index (χ1v) is 10.2. The third kappa shape index (κ3) is 3.97. The fourth-order valence-corrected chi connectivity index (χ4v) is 4.40. The first-order chi connectivity index (χ1) is 13.2. The molecule has 0 saturated heterocycles. The molecular weight excluding hydrogens is 374 g/mol. The zero-order valence-electron chi connectivity index (χ0n) is 14.7. The number of benzene rings is 1. The predicted molar refractivity (Wildman–Crippen MR) is 113 cm³/mol. The van der Waals surface area contributed by atoms with Crippen LogP contribution >= 0.6 is 22.7 Å². The number of carbonyl (C=O) groups excluding carboxylic acids is 1. The second-order valence-electron chi connectivity index (χ2n) is 6.05. The van der Waals surface area contributed by atoms with Crippen LogP contribution in [0.1, 0.15) is 16.0 Å². The fourth-order valence-electron chi connectivity index (χ4n) is 2.73. The van der Waals surface area contributed by atoms with E-state index in [9.17, 15) is 4.79 Å². The monoisotopic (exact) mass is 391 g/mol. The smallest absolute Gasteiger partial charge is 0.253 e. The summed E-state index contributed by atoms with van der Waals surface area (Å²) >= 11 is 3.13. The maximum Gasteiger partial charge on any atom is 0.253 e. The van der Waals surface area contributed by atoms with Gasteiger partial charge in [0.25, 0.3) is 5.91 Å². The molecule has 27 heavy (non-hydrogen) atoms. The summed E-state index contributed by atoms with van der Waals surface area (Å²) in [6.45, 7) is 2.47. The predicted octanol–water partition coefficient (Wildman–Crippen LogP) is 5.31. The first kappa shape index (κ1) is 17.6. The molecule has 4 aromatic rings. The highest BCUT2D eigenvalue weighted by atomic mass is 32.1. The fraction of sp³-hybridized carbons (Fsp3) is 0.0952. The van der Waals surface area contributed by atoms with Crippen molar-refractivity contribution in [3.8, 4) is 0 Å². The molecule has 0 aliphatic heterocycles. The number of rotatable bonds is 5. The number of thiophene rings is 1. The Morgan fingerprint density at radius 2 is 2.11 bits per heavy atom. The summed E-state index contributed by atoms with van der Waals surface area (Å²) in [6, 6.07) is 13.9. The Labute approximate surface area is 165 Å². The number of hydrogen-bond donors (Lipinski definition) is 0. The lowest BCUT2D eigenvalue weighted by Gasteiger charge is -2.18. The van der Waals surface area contributed by atoms with Gasteiger partial charge in [-0.3, -0.25) is 14.7 Å². The van der Waals surface area contributed by atoms with E-state index in [0.29, 0.717) is 11.7 Å². The van der Waals surface area contributed by atoms with E-state index in [1.165, 1.54) is 11.3 Å². The van der Waals surface area contributed by atoms with E-state index in [2.05, 4.69) is 4.98 Å². The summed E-state index contributed by atoms with van der Waals surface area (Å²) in [7, 11) is 0. The second kappa shape index (κ2) is 7.82. The van der Waals surface area contributed by atoms with Gasteiger partial charge in [0, 0.05) is 23.3 Å². The van der Waals surface area contributed by atoms with Crippen LogP contribution in [0.2, 0.25) is 0 Å². The molecule has 0 aliphatic carbocycles. The number of aryl methyl sites for hydroxylation is 1. The molecule has 1 aromatic carbocycles. The molecule has 3 heterocycles. The van der Waals surface area contributed by atoms with E-state index in [-0.39, 0.29) is 5.91 Å². The van der Waals surface area contributed by atoms with Crippen LogP contribution in [0.4, 0.5) is 5.13 Å². The highest BCUT2D eigenvalue weighted by Gasteiger charge is 2.19. The zero-order chi connectivity index (χ0) is 18.6. The van der Waals surface area contributed by atoms with Gasteiger partial charge in [-0.05, 0) is 47.7 Å². The largest absolute Gasteiger partial charge is 0.280 e. The molecule has 134 valence electrons. The van der Waals surface area contributed by atoms with E-state index < -0.39 is 0 Å². The van der Waals surface area contributed by atoms with Crippen molar-refractivity contribution in [1.82, 2.24) is 9.97 Å². The van der Waals surface area contributed by atoms with E-state index in [4.69, 9.17) is 4.98 Å². The lowest BCUT2D eigenvalue weighted by molar-refractivity contribution is -0.114. The summed E-state index contributed by atoms with van der Waals surface area (Å²) in [6.07, 6.45) is 6.97. The number of nitrogens with zero attached hydrogens (tertiary/aromatic N) is 3. The maximum absolute atomic E-state index is 13.0. The number of fused-ring (bicyclic) bond motifs is 1. The van der Waals surface area contributed by atoms with Crippen molar-refractivity contribution in [3.63, 3.8) is 0 Å². The summed E-state index contributed by atoms with van der Waals surface area (Å²) in [5.41, 5.74) is 3.02. The van der Waals surface area contributed by atoms with E-state index in [0.717, 1.165) is 26.2 Å². The number of hydrogen-bond acceptors (Lipinski definition) is 5. The number of amides is 1. The van der Waals surface area contributed by atoms with Gasteiger partial charge in [-0.1, -0.05) is 35.6 Å². The van der Waals surface area contributed by atoms with Crippen molar-refractivity contribution in [2.45, 2.75) is 13.5 Å². The third-order valence-corrected chi connectivity index (χ3v) is 5.98. The summed E-state index contributed by atoms with van der Waals surface area (Å²) < 4.78 is 1.08. The second-order valence-corrected chi connectivity index (χ2v) is 8.04. The Hall–Kier alpha value is -2.83. The molecule has 0 atom stereocenters. The van der Waals surface area contributed by atoms with E-state index in [1.54, 1.807) is 34.7 Å². The Kier molecular flexibility index (Phi) is 5.09. The van der Waals surface area contributed by atoms with Crippen LogP contribution in [-0.2, 0) is 11.3 Å². The molecule has 0 radical (unpaired) electrons. The van der Waals surface area contributed by atoms with Gasteiger partial charge < -0.3 is 0 Å². The van der Waals surface area contributed by atoms with Gasteiger partial charge in [-0.25, -0.2) is 4.98 Å². The van der Waals surface area contributed by atoms with Crippen molar-refractivity contribution in [2.75, 3.05) is 4.90 Å². The van der Waals surface area contributed by atoms with Crippen molar-refractivity contribution in [1.29, 1.82) is 0 Å². The van der Waals surface area contributed by atoms with Gasteiger partial charge in [0.1, 0.15) is 0 Å². The lowest BCUT2D eigenvalue weighted by Crippen LogP contribution is -2.28. The number of para-hydroxylation sites is 1. The first-order valence-electron chi connectivity index (χ1n) is 8.49. The molecule has 0 spiro atoms. The van der Waals surface area contributed by atoms with Gasteiger partial charge in [0.2, 0.25) is 0 Å². The molecule has 1 amide bonds. The minimum absolute atomic E-state index is 0.0936. The van der Waals surface area contributed by atoms with Crippen LogP contribution in [0.15, 0.2) is 66.3 Å². The minimum atomic E-state index is -0.0936. The van der Waals surface area contributed by atoms with Gasteiger partial charge in [-0.15, -0.1) is 11.3 Å². The van der Waals surface area contributed by atoms with Crippen LogP contribution in [0.5, 0.6) is 0 Å². The summed E-state index contributed by atoms with van der Waals surface area (Å²) in [5.74, 6) is -0.0936. The van der Waals surface area contributed by atoms with Gasteiger partial charge >= 0.3 is 0 Å². The molecule has 3 aromatic heterocycles. The number of thiazole rings is 1. The van der Waals surface area contributed by atoms with Crippen LogP contribution < -0.4 is 4.90 Å². The highest BCUT2D eigenvalue weighted by molar-refractivity contribution is 7.22. The number of carbonyl (C=O) groups is 1. The lowest BCUT2D eigenvalue weighted by atomic mass is 10.2. The number of aromatic nitrogens is 2. The van der Waals surface area contributed by atoms with Crippen molar-refractivity contribution >= 4 is 50.0 Å². The van der Waals surface area contributed by atoms with Crippen LogP contribution in [0.3, 0.4) is 0 Å². The molecule has 4 rings (SSSR count). The molecule has 0 saturated carbocycles. The van der Waals surface area contributed by atoms with Crippen LogP contribution in [-0.4, -0.2) is 15.9 Å². The van der Waals surface area contributed by atoms with Crippen LogP contribution in [0.25, 0.3) is 16.3 Å². The topological polar surface area (TPSA) is 46.1 Å². The summed E-state index contributed by atoms with van der Waals surface area (Å²) in [4.78, 5) is 24.7. The van der Waals surface area contributed by atoms with Crippen molar-refractivity contribution < 1.29 is 4.79 Å². The standard InChI is InChI=1S/C21H17N3OS2/c1-15-5-2-8-18-20(15)23-21(27-18)24(14-16-6-3-11-22-13-16)19(25)10-9-17-7-4-12-26-17/h2-13H,14H2,1H3. The highest BCUT2D eigenvalue weighted by Crippen LogP contribution is 2.31. The molecule has 0 aliphatic rings. The molecule has 0 N–H and O–H groups in total. The normalized spacial score (nSPS) is 11.3. The Balaban J connectivity index is 1.70. The average molecular weight is 392 g/mol. The van der Waals surface area contributed by atoms with Crippen LogP contribution in [0, 0.1) is 6.92 Å². The third-order valence-electron chi connectivity index (χ3n) is 4.10. The molecule has 4 nitrogen and oxygen atoms in total. The number of pyridine rings is 1. The maximum atomic E-state index is 13.0. The molecular formula is C21H17N3OS2. The summed E-state index contributed by atoms with van der Waals surface area (Å²) in [5, 5.41) is 2.69.